The molecule has 3 aliphatic rings. The van der Waals surface area contributed by atoms with Gasteiger partial charge in [-0.3, -0.25) is 48.1 Å². The van der Waals surface area contributed by atoms with Gasteiger partial charge in [-0.1, -0.05) is 91.0 Å². The summed E-state index contributed by atoms with van der Waals surface area (Å²) in [5.41, 5.74) is 18.9. The van der Waals surface area contributed by atoms with Crippen molar-refractivity contribution in [3.8, 4) is 0 Å². The van der Waals surface area contributed by atoms with E-state index in [4.69, 9.17) is 17.2 Å². The van der Waals surface area contributed by atoms with E-state index in [1.807, 2.05) is 30.3 Å². The van der Waals surface area contributed by atoms with Gasteiger partial charge in [-0.05, 0) is 75.0 Å². The van der Waals surface area contributed by atoms with Crippen molar-refractivity contribution in [1.82, 2.24) is 41.7 Å². The Kier molecular flexibility index (Phi) is 19.2. The number of primary amides is 1. The number of rotatable bonds is 13. The second kappa shape index (κ2) is 25.9. The highest BCUT2D eigenvalue weighted by atomic mass is 16.2. The Morgan fingerprint density at radius 3 is 1.57 bits per heavy atom. The number of guanidine groups is 1. The van der Waals surface area contributed by atoms with Crippen molar-refractivity contribution in [1.29, 1.82) is 0 Å². The number of carbonyl (C=O) groups is 9. The van der Waals surface area contributed by atoms with Gasteiger partial charge in [-0.2, -0.15) is 0 Å². The van der Waals surface area contributed by atoms with E-state index in [0.717, 1.165) is 5.56 Å². The van der Waals surface area contributed by atoms with Crippen LogP contribution in [0.4, 0.5) is 0 Å². The van der Waals surface area contributed by atoms with Crippen LogP contribution < -0.4 is 49.1 Å². The van der Waals surface area contributed by atoms with Crippen LogP contribution in [0.25, 0.3) is 0 Å². The maximum Gasteiger partial charge on any atom is 0.246 e. The fourth-order valence-electron chi connectivity index (χ4n) is 9.26. The second-order valence-corrected chi connectivity index (χ2v) is 18.4. The molecule has 3 aliphatic heterocycles. The number of aryl methyl sites for hydroxylation is 1. The van der Waals surface area contributed by atoms with Gasteiger partial charge in [0, 0.05) is 32.5 Å². The summed E-state index contributed by atoms with van der Waals surface area (Å²) in [6.07, 6.45) is 1.28. The molecule has 0 spiro atoms. The molecular formula is C51H66N12O9. The van der Waals surface area contributed by atoms with Crippen LogP contribution >= 0.6 is 0 Å². The molecule has 21 nitrogen and oxygen atoms in total. The molecule has 3 aromatic carbocycles. The number of amides is 9. The number of hydrogen-bond donors (Lipinski definition) is 9. The topological polar surface area (TPSA) is 323 Å². The number of nitrogens with one attached hydrogen (secondary N) is 6. The van der Waals surface area contributed by atoms with Gasteiger partial charge >= 0.3 is 0 Å². The molecule has 0 saturated carbocycles. The number of hydrogen-bond acceptors (Lipinski definition) is 10. The number of aliphatic imine (C=N–C) groups is 1. The quantitative estimate of drug-likeness (QED) is 0.0566. The lowest BCUT2D eigenvalue weighted by atomic mass is 10.0. The lowest BCUT2D eigenvalue weighted by molar-refractivity contribution is -0.148. The summed E-state index contributed by atoms with van der Waals surface area (Å²) in [5.74, 6) is -6.90. The van der Waals surface area contributed by atoms with Crippen molar-refractivity contribution in [3.63, 3.8) is 0 Å². The maximum absolute atomic E-state index is 14.6. The van der Waals surface area contributed by atoms with Crippen LogP contribution in [0.3, 0.4) is 0 Å². The molecule has 0 aromatic heterocycles. The Morgan fingerprint density at radius 2 is 0.986 bits per heavy atom. The molecule has 9 amide bonds. The van der Waals surface area contributed by atoms with E-state index in [2.05, 4.69) is 36.9 Å². The second-order valence-electron chi connectivity index (χ2n) is 18.4. The third kappa shape index (κ3) is 15.1. The summed E-state index contributed by atoms with van der Waals surface area (Å²) >= 11 is 0. The average molecular weight is 991 g/mol. The number of nitrogens with two attached hydrogens (primary N) is 3. The number of benzene rings is 3. The molecule has 6 rings (SSSR count). The van der Waals surface area contributed by atoms with Gasteiger partial charge in [0.2, 0.25) is 53.2 Å². The van der Waals surface area contributed by atoms with Crippen molar-refractivity contribution >= 4 is 59.1 Å². The summed E-state index contributed by atoms with van der Waals surface area (Å²) < 4.78 is 0. The van der Waals surface area contributed by atoms with Gasteiger partial charge in [0.15, 0.2) is 5.96 Å². The van der Waals surface area contributed by atoms with Crippen molar-refractivity contribution in [2.75, 3.05) is 19.6 Å². The highest BCUT2D eigenvalue weighted by molar-refractivity contribution is 6.00. The maximum atomic E-state index is 14.6. The van der Waals surface area contributed by atoms with Crippen molar-refractivity contribution in [3.05, 3.63) is 108 Å². The van der Waals surface area contributed by atoms with Gasteiger partial charge in [0.1, 0.15) is 48.3 Å². The molecule has 3 heterocycles. The van der Waals surface area contributed by atoms with Crippen LogP contribution in [0, 0.1) is 0 Å². The fraction of sp³-hybridized carbons (Fsp3) is 0.451. The van der Waals surface area contributed by atoms with Crippen LogP contribution in [-0.4, -0.2) is 137 Å². The zero-order valence-electron chi connectivity index (χ0n) is 40.4. The zero-order chi connectivity index (χ0) is 51.7. The first-order valence-electron chi connectivity index (χ1n) is 24.5. The minimum atomic E-state index is -1.63. The first-order chi connectivity index (χ1) is 34.6. The smallest absolute Gasteiger partial charge is 0.246 e. The Balaban J connectivity index is 1.38. The lowest BCUT2D eigenvalue weighted by Gasteiger charge is -2.33. The van der Waals surface area contributed by atoms with Crippen LogP contribution in [0.15, 0.2) is 96.0 Å². The summed E-state index contributed by atoms with van der Waals surface area (Å²) in [5, 5.41) is 16.2. The Labute approximate surface area is 418 Å². The monoisotopic (exact) mass is 991 g/mol. The predicted octanol–water partition coefficient (Wildman–Crippen LogP) is -1.04. The predicted molar refractivity (Wildman–Crippen MR) is 266 cm³/mol. The molecule has 72 heavy (non-hydrogen) atoms. The molecule has 0 aliphatic carbocycles. The average Bonchev–Trinajstić information content (AvgIpc) is 4.07. The minimum Gasteiger partial charge on any atom is -0.370 e. The van der Waals surface area contributed by atoms with Crippen LogP contribution in [-0.2, 0) is 62.4 Å². The molecule has 1 unspecified atom stereocenters. The molecule has 0 bridgehead atoms. The lowest BCUT2D eigenvalue weighted by Crippen LogP contribution is -2.61. The first kappa shape index (κ1) is 53.5. The van der Waals surface area contributed by atoms with Crippen LogP contribution in [0.1, 0.15) is 75.0 Å². The van der Waals surface area contributed by atoms with E-state index >= 15 is 0 Å². The highest BCUT2D eigenvalue weighted by Gasteiger charge is 2.44. The van der Waals surface area contributed by atoms with E-state index < -0.39 is 108 Å². The molecule has 21 heteroatoms. The van der Waals surface area contributed by atoms with Crippen molar-refractivity contribution in [2.45, 2.75) is 126 Å². The summed E-state index contributed by atoms with van der Waals surface area (Å²) in [6.45, 7) is 1.86. The standard InChI is InChI=1S/C51H66N12O9/c1-31-43(65)61-39(29-34-18-9-4-10-19-34)49(71)63-27-13-22-41(63)50(72)62-26-12-21-40(62)48(70)58-35(20-11-25-55-51(53)54)44(66)57-36(24-23-32-14-5-2-6-15-32)45(67)59-37(28-33-16-7-3-8-17-33)47(69)60-38(30-42(52)64)46(68)56-31/h2-10,14-19,31,35-41H,11-13,20-30H2,1H3,(H2,52,64)(H,56,68)(H,57,66)(H,58,70)(H,59,67)(H,60,69)(H,61,65)(H4,53,54,55)/t31-,35-,36?,37-,38-,39-,40-,41+/m0/s1. The van der Waals surface area contributed by atoms with Crippen molar-refractivity contribution < 1.29 is 43.2 Å². The molecule has 3 fully saturated rings. The summed E-state index contributed by atoms with van der Waals surface area (Å²) in [7, 11) is 0. The summed E-state index contributed by atoms with van der Waals surface area (Å²) in [4.78, 5) is 134. The third-order valence-electron chi connectivity index (χ3n) is 13.0. The van der Waals surface area contributed by atoms with Gasteiger partial charge in [0.25, 0.3) is 0 Å². The summed E-state index contributed by atoms with van der Waals surface area (Å²) in [6, 6.07) is 16.7. The minimum absolute atomic E-state index is 0.0163. The van der Waals surface area contributed by atoms with E-state index in [0.29, 0.717) is 30.4 Å². The number of carbonyl (C=O) groups excluding carboxylic acids is 9. The molecule has 12 N–H and O–H groups in total. The molecule has 3 aromatic rings. The van der Waals surface area contributed by atoms with Gasteiger partial charge < -0.3 is 58.9 Å². The third-order valence-corrected chi connectivity index (χ3v) is 13.0. The molecule has 3 saturated heterocycles. The largest absolute Gasteiger partial charge is 0.370 e. The van der Waals surface area contributed by atoms with Crippen LogP contribution in [0.2, 0.25) is 0 Å². The molecule has 0 radical (unpaired) electrons. The number of fused-ring (bicyclic) bond motifs is 2. The van der Waals surface area contributed by atoms with Gasteiger partial charge in [0.05, 0.1) is 6.42 Å². The Morgan fingerprint density at radius 1 is 0.528 bits per heavy atom. The first-order valence-corrected chi connectivity index (χ1v) is 24.5. The zero-order valence-corrected chi connectivity index (χ0v) is 40.4. The van der Waals surface area contributed by atoms with Crippen LogP contribution in [0.5, 0.6) is 0 Å². The van der Waals surface area contributed by atoms with E-state index in [1.54, 1.807) is 60.7 Å². The number of nitrogens with zero attached hydrogens (tertiary/aromatic N) is 3. The van der Waals surface area contributed by atoms with E-state index in [9.17, 15) is 43.2 Å². The molecule has 8 atom stereocenters. The van der Waals surface area contributed by atoms with Crippen molar-refractivity contribution in [2.24, 2.45) is 22.2 Å². The van der Waals surface area contributed by atoms with E-state index in [-0.39, 0.29) is 70.5 Å². The SMILES string of the molecule is C[C@@H]1NC(=O)[C@H](CC(N)=O)NC(=O)[C@H](Cc2ccccc2)NC(=O)C(CCc2ccccc2)NC(=O)[C@H](CCCN=C(N)N)NC(=O)[C@@H]2CCCN2C(=O)[C@H]2CCCN2C(=O)[C@H](Cc2ccccc2)NC1=O. The van der Waals surface area contributed by atoms with Gasteiger partial charge in [-0.25, -0.2) is 0 Å². The van der Waals surface area contributed by atoms with E-state index in [1.165, 1.54) is 16.7 Å². The van der Waals surface area contributed by atoms with Gasteiger partial charge in [-0.15, -0.1) is 0 Å². The normalized spacial score (nSPS) is 25.1. The molecular weight excluding hydrogens is 925 g/mol. The molecule has 384 valence electrons. The highest BCUT2D eigenvalue weighted by Crippen LogP contribution is 2.26. The Bertz CT molecular complexity index is 2440. The Hall–Kier alpha value is -7.84. The fourth-order valence-corrected chi connectivity index (χ4v) is 9.26.